The van der Waals surface area contributed by atoms with Crippen LogP contribution in [-0.2, 0) is 4.74 Å². The molecule has 2 aromatic rings. The number of Topliss-reactive ketones (excluding diaryl/α,β-unsaturated/α-hetero) is 1. The minimum atomic E-state index is -0.685. The molecule has 0 atom stereocenters. The number of ether oxygens (including phenoxy) is 3. The van der Waals surface area contributed by atoms with E-state index >= 15 is 0 Å². The molecule has 0 saturated carbocycles. The zero-order chi connectivity index (χ0) is 17.7. The molecule has 0 bridgehead atoms. The molecule has 0 heterocycles. The van der Waals surface area contributed by atoms with Crippen LogP contribution in [0.5, 0.6) is 11.5 Å². The highest BCUT2D eigenvalue weighted by atomic mass is 79.9. The van der Waals surface area contributed by atoms with Crippen molar-refractivity contribution < 1.29 is 23.8 Å². The predicted molar refractivity (Wildman–Crippen MR) is 93.3 cm³/mol. The van der Waals surface area contributed by atoms with Crippen LogP contribution in [0.2, 0.25) is 5.02 Å². The predicted octanol–water partition coefficient (Wildman–Crippen LogP) is 4.16. The summed E-state index contributed by atoms with van der Waals surface area (Å²) in [6.07, 6.45) is 0. The third-order valence-electron chi connectivity index (χ3n) is 3.19. The van der Waals surface area contributed by atoms with Crippen molar-refractivity contribution >= 4 is 39.3 Å². The first-order valence-electron chi connectivity index (χ1n) is 6.83. The standard InChI is InChI=1S/C17H14BrClO5/c1-22-15-6-4-11(19)8-12(15)17(21)24-9-14(20)10-3-5-16(23-2)13(18)7-10/h3-8H,9H2,1-2H3. The average Bonchev–Trinajstić information content (AvgIpc) is 2.59. The lowest BCUT2D eigenvalue weighted by Gasteiger charge is -2.09. The van der Waals surface area contributed by atoms with Crippen molar-refractivity contribution in [3.63, 3.8) is 0 Å². The summed E-state index contributed by atoms with van der Waals surface area (Å²) in [5.74, 6) is -0.0979. The first-order valence-corrected chi connectivity index (χ1v) is 8.00. The third kappa shape index (κ3) is 4.27. The van der Waals surface area contributed by atoms with Crippen molar-refractivity contribution in [3.05, 3.63) is 57.0 Å². The van der Waals surface area contributed by atoms with Crippen molar-refractivity contribution in [2.45, 2.75) is 0 Å². The van der Waals surface area contributed by atoms with Gasteiger partial charge in [0.25, 0.3) is 0 Å². The van der Waals surface area contributed by atoms with Gasteiger partial charge in [-0.1, -0.05) is 11.6 Å². The van der Waals surface area contributed by atoms with E-state index in [1.807, 2.05) is 0 Å². The third-order valence-corrected chi connectivity index (χ3v) is 4.04. The number of carbonyl (C=O) groups is 2. The monoisotopic (exact) mass is 412 g/mol. The summed E-state index contributed by atoms with van der Waals surface area (Å²) in [5, 5.41) is 0.369. The molecule has 0 radical (unpaired) electrons. The minimum absolute atomic E-state index is 0.161. The van der Waals surface area contributed by atoms with Crippen molar-refractivity contribution in [2.75, 3.05) is 20.8 Å². The van der Waals surface area contributed by atoms with Crippen LogP contribution in [0.15, 0.2) is 40.9 Å². The van der Waals surface area contributed by atoms with Crippen molar-refractivity contribution in [2.24, 2.45) is 0 Å². The molecule has 0 aliphatic rings. The lowest BCUT2D eigenvalue weighted by Crippen LogP contribution is -2.15. The Labute approximate surface area is 152 Å². The van der Waals surface area contributed by atoms with Gasteiger partial charge in [-0.15, -0.1) is 0 Å². The molecule has 0 fully saturated rings. The van der Waals surface area contributed by atoms with Crippen LogP contribution in [0.3, 0.4) is 0 Å². The zero-order valence-electron chi connectivity index (χ0n) is 13.0. The van der Waals surface area contributed by atoms with Gasteiger partial charge in [0.1, 0.15) is 17.1 Å². The number of ketones is 1. The molecule has 2 aromatic carbocycles. The molecule has 0 aromatic heterocycles. The van der Waals surface area contributed by atoms with E-state index in [-0.39, 0.29) is 11.3 Å². The van der Waals surface area contributed by atoms with E-state index in [9.17, 15) is 9.59 Å². The summed E-state index contributed by atoms with van der Waals surface area (Å²) in [6, 6.07) is 9.43. The number of hydrogen-bond donors (Lipinski definition) is 0. The summed E-state index contributed by atoms with van der Waals surface area (Å²) >= 11 is 9.18. The maximum Gasteiger partial charge on any atom is 0.342 e. The van der Waals surface area contributed by atoms with E-state index in [4.69, 9.17) is 25.8 Å². The molecular formula is C17H14BrClO5. The maximum atomic E-state index is 12.2. The molecule has 0 saturated heterocycles. The van der Waals surface area contributed by atoms with Gasteiger partial charge >= 0.3 is 5.97 Å². The minimum Gasteiger partial charge on any atom is -0.496 e. The van der Waals surface area contributed by atoms with Gasteiger partial charge in [0, 0.05) is 10.6 Å². The average molecular weight is 414 g/mol. The number of carbonyl (C=O) groups excluding carboxylic acids is 2. The summed E-state index contributed by atoms with van der Waals surface area (Å²) in [7, 11) is 2.96. The Bertz CT molecular complexity index is 776. The summed E-state index contributed by atoms with van der Waals surface area (Å²) in [4.78, 5) is 24.3. The Balaban J connectivity index is 2.07. The van der Waals surface area contributed by atoms with E-state index < -0.39 is 12.6 Å². The Morgan fingerprint density at radius 3 is 2.33 bits per heavy atom. The van der Waals surface area contributed by atoms with Gasteiger partial charge in [-0.3, -0.25) is 4.79 Å². The summed E-state index contributed by atoms with van der Waals surface area (Å²) in [6.45, 7) is -0.396. The molecule has 0 aliphatic carbocycles. The van der Waals surface area contributed by atoms with Crippen LogP contribution in [0, 0.1) is 0 Å². The van der Waals surface area contributed by atoms with Gasteiger partial charge in [0.05, 0.1) is 18.7 Å². The fraction of sp³-hybridized carbons (Fsp3) is 0.176. The van der Waals surface area contributed by atoms with Gasteiger partial charge in [0.2, 0.25) is 0 Å². The van der Waals surface area contributed by atoms with Gasteiger partial charge in [-0.05, 0) is 52.3 Å². The molecule has 24 heavy (non-hydrogen) atoms. The van der Waals surface area contributed by atoms with Crippen LogP contribution in [0.25, 0.3) is 0 Å². The van der Waals surface area contributed by atoms with E-state index in [1.54, 1.807) is 30.3 Å². The second-order valence-corrected chi connectivity index (χ2v) is 5.98. The van der Waals surface area contributed by atoms with Crippen LogP contribution in [-0.4, -0.2) is 32.6 Å². The topological polar surface area (TPSA) is 61.8 Å². The molecule has 126 valence electrons. The summed E-state index contributed by atoms with van der Waals surface area (Å²) in [5.41, 5.74) is 0.558. The fourth-order valence-corrected chi connectivity index (χ4v) is 2.68. The van der Waals surface area contributed by atoms with E-state index in [1.165, 1.54) is 20.3 Å². The van der Waals surface area contributed by atoms with Crippen molar-refractivity contribution in [3.8, 4) is 11.5 Å². The first kappa shape index (κ1) is 18.3. The molecule has 0 amide bonds. The molecular weight excluding hydrogens is 400 g/mol. The Hall–Kier alpha value is -2.05. The molecule has 0 aliphatic heterocycles. The quantitative estimate of drug-likeness (QED) is 0.526. The van der Waals surface area contributed by atoms with E-state index in [0.717, 1.165) is 0 Å². The normalized spacial score (nSPS) is 10.2. The Morgan fingerprint density at radius 2 is 1.71 bits per heavy atom. The number of esters is 1. The number of methoxy groups -OCH3 is 2. The maximum absolute atomic E-state index is 12.2. The molecule has 2 rings (SSSR count). The van der Waals surface area contributed by atoms with Crippen LogP contribution >= 0.6 is 27.5 Å². The SMILES string of the molecule is COc1ccc(C(=O)COC(=O)c2cc(Cl)ccc2OC)cc1Br. The van der Waals surface area contributed by atoms with E-state index in [2.05, 4.69) is 15.9 Å². The second kappa shape index (κ2) is 8.17. The molecule has 0 unspecified atom stereocenters. The Morgan fingerprint density at radius 1 is 1.04 bits per heavy atom. The number of halogens is 2. The van der Waals surface area contributed by atoms with Crippen LogP contribution in [0.1, 0.15) is 20.7 Å². The second-order valence-electron chi connectivity index (χ2n) is 4.69. The molecule has 0 spiro atoms. The van der Waals surface area contributed by atoms with Crippen LogP contribution < -0.4 is 9.47 Å². The van der Waals surface area contributed by atoms with E-state index in [0.29, 0.717) is 26.6 Å². The van der Waals surface area contributed by atoms with Gasteiger partial charge in [-0.25, -0.2) is 4.79 Å². The number of benzene rings is 2. The molecule has 0 N–H and O–H groups in total. The van der Waals surface area contributed by atoms with Crippen molar-refractivity contribution in [1.82, 2.24) is 0 Å². The van der Waals surface area contributed by atoms with Crippen LogP contribution in [0.4, 0.5) is 0 Å². The largest absolute Gasteiger partial charge is 0.496 e. The number of rotatable bonds is 6. The fourth-order valence-electron chi connectivity index (χ4n) is 1.97. The number of hydrogen-bond acceptors (Lipinski definition) is 5. The first-order chi connectivity index (χ1) is 11.5. The zero-order valence-corrected chi connectivity index (χ0v) is 15.3. The molecule has 5 nitrogen and oxygen atoms in total. The molecule has 7 heteroatoms. The van der Waals surface area contributed by atoms with Crippen molar-refractivity contribution in [1.29, 1.82) is 0 Å². The lowest BCUT2D eigenvalue weighted by molar-refractivity contribution is 0.0471. The van der Waals surface area contributed by atoms with Gasteiger partial charge in [-0.2, -0.15) is 0 Å². The summed E-state index contributed by atoms with van der Waals surface area (Å²) < 4.78 is 15.9. The van der Waals surface area contributed by atoms with Gasteiger partial charge < -0.3 is 14.2 Å². The highest BCUT2D eigenvalue weighted by molar-refractivity contribution is 9.10. The smallest absolute Gasteiger partial charge is 0.342 e. The Kier molecular flexibility index (Phi) is 6.23. The highest BCUT2D eigenvalue weighted by Gasteiger charge is 2.17. The highest BCUT2D eigenvalue weighted by Crippen LogP contribution is 2.26. The lowest BCUT2D eigenvalue weighted by atomic mass is 10.1. The van der Waals surface area contributed by atoms with Gasteiger partial charge in [0.15, 0.2) is 12.4 Å².